The molecule has 19 heavy (non-hydrogen) atoms. The molecule has 0 bridgehead atoms. The van der Waals surface area contributed by atoms with Gasteiger partial charge in [0.15, 0.2) is 5.58 Å². The average molecular weight is 281 g/mol. The molecule has 6 heteroatoms. The number of benzene rings is 1. The van der Waals surface area contributed by atoms with Crippen molar-refractivity contribution >= 4 is 28.5 Å². The molecule has 2 rings (SSSR count). The topological polar surface area (TPSA) is 75.3 Å². The lowest BCUT2D eigenvalue weighted by Crippen LogP contribution is -2.25. The highest BCUT2D eigenvalue weighted by Crippen LogP contribution is 2.28. The highest BCUT2D eigenvalue weighted by molar-refractivity contribution is 7.99. The smallest absolute Gasteiger partial charge is 0.408 e. The first-order valence-electron chi connectivity index (χ1n) is 6.41. The molecule has 1 heterocycles. The number of hydrogen-bond acceptors (Lipinski definition) is 5. The zero-order valence-electron chi connectivity index (χ0n) is 11.2. The number of oxazole rings is 1. The number of rotatable bonds is 6. The summed E-state index contributed by atoms with van der Waals surface area (Å²) in [4.78, 5) is 17.1. The number of anilines is 1. The molecule has 2 aromatic rings. The molecule has 0 atom stereocenters. The first kappa shape index (κ1) is 14.0. The molecule has 0 saturated carbocycles. The van der Waals surface area contributed by atoms with E-state index in [1.165, 1.54) is 0 Å². The number of aromatic nitrogens is 1. The summed E-state index contributed by atoms with van der Waals surface area (Å²) in [5, 5.41) is 0. The number of aromatic amines is 1. The Kier molecular flexibility index (Phi) is 4.55. The molecule has 0 aliphatic heterocycles. The van der Waals surface area contributed by atoms with Crippen LogP contribution in [0.3, 0.4) is 0 Å². The predicted molar refractivity (Wildman–Crippen MR) is 79.8 cm³/mol. The lowest BCUT2D eigenvalue weighted by Gasteiger charge is -2.17. The van der Waals surface area contributed by atoms with Crippen molar-refractivity contribution in [2.75, 3.05) is 31.1 Å². The van der Waals surface area contributed by atoms with E-state index in [2.05, 4.69) is 23.7 Å². The monoisotopic (exact) mass is 281 g/mol. The molecule has 1 aromatic carbocycles. The van der Waals surface area contributed by atoms with Gasteiger partial charge in [-0.05, 0) is 19.2 Å². The second kappa shape index (κ2) is 6.16. The van der Waals surface area contributed by atoms with E-state index in [1.54, 1.807) is 17.8 Å². The van der Waals surface area contributed by atoms with Gasteiger partial charge in [-0.25, -0.2) is 4.79 Å². The maximum atomic E-state index is 11.1. The minimum Gasteiger partial charge on any atom is -0.408 e. The first-order valence-corrected chi connectivity index (χ1v) is 7.40. The highest BCUT2D eigenvalue weighted by atomic mass is 32.2. The van der Waals surface area contributed by atoms with Crippen LogP contribution in [0.4, 0.5) is 5.69 Å². The molecule has 3 N–H and O–H groups in total. The highest BCUT2D eigenvalue weighted by Gasteiger charge is 2.08. The zero-order valence-corrected chi connectivity index (χ0v) is 12.0. The Morgan fingerprint density at radius 3 is 2.79 bits per heavy atom. The standard InChI is InChI=1S/C13H19N3O2S/c1-3-16(4-2)5-6-19-12-8-10-11(7-9(12)14)18-13(17)15-10/h7-8H,3-6,14H2,1-2H3,(H,15,17). The van der Waals surface area contributed by atoms with E-state index < -0.39 is 5.76 Å². The summed E-state index contributed by atoms with van der Waals surface area (Å²) >= 11 is 1.70. The minimum atomic E-state index is -0.445. The van der Waals surface area contributed by atoms with Crippen LogP contribution < -0.4 is 11.5 Å². The molecule has 0 fully saturated rings. The van der Waals surface area contributed by atoms with Crippen LogP contribution in [-0.2, 0) is 0 Å². The summed E-state index contributed by atoms with van der Waals surface area (Å²) < 4.78 is 4.97. The van der Waals surface area contributed by atoms with Gasteiger partial charge in [0.2, 0.25) is 0 Å². The van der Waals surface area contributed by atoms with E-state index in [9.17, 15) is 4.79 Å². The zero-order chi connectivity index (χ0) is 13.8. The predicted octanol–water partition coefficient (Wildman–Crippen LogP) is 2.14. The van der Waals surface area contributed by atoms with E-state index in [0.29, 0.717) is 16.8 Å². The summed E-state index contributed by atoms with van der Waals surface area (Å²) in [5.41, 5.74) is 7.83. The third-order valence-corrected chi connectivity index (χ3v) is 4.16. The molecule has 0 unspecified atom stereocenters. The van der Waals surface area contributed by atoms with Crippen LogP contribution in [0.5, 0.6) is 0 Å². The molecule has 0 saturated heterocycles. The van der Waals surface area contributed by atoms with Crippen molar-refractivity contribution in [2.24, 2.45) is 0 Å². The lowest BCUT2D eigenvalue weighted by atomic mass is 10.3. The number of nitrogens with two attached hydrogens (primary N) is 1. The fourth-order valence-electron chi connectivity index (χ4n) is 1.94. The van der Waals surface area contributed by atoms with Gasteiger partial charge in [0, 0.05) is 28.9 Å². The van der Waals surface area contributed by atoms with Crippen molar-refractivity contribution < 1.29 is 4.42 Å². The maximum absolute atomic E-state index is 11.1. The maximum Gasteiger partial charge on any atom is 0.417 e. The fraction of sp³-hybridized carbons (Fsp3) is 0.462. The van der Waals surface area contributed by atoms with Gasteiger partial charge in [0.1, 0.15) is 0 Å². The van der Waals surface area contributed by atoms with Gasteiger partial charge < -0.3 is 15.1 Å². The quantitative estimate of drug-likeness (QED) is 0.626. The van der Waals surface area contributed by atoms with Crippen LogP contribution in [-0.4, -0.2) is 35.3 Å². The van der Waals surface area contributed by atoms with Gasteiger partial charge in [-0.3, -0.25) is 4.98 Å². The second-order valence-corrected chi connectivity index (χ2v) is 5.41. The van der Waals surface area contributed by atoms with E-state index in [4.69, 9.17) is 10.2 Å². The number of fused-ring (bicyclic) bond motifs is 1. The van der Waals surface area contributed by atoms with Crippen molar-refractivity contribution in [1.82, 2.24) is 9.88 Å². The number of nitrogens with one attached hydrogen (secondary N) is 1. The molecule has 104 valence electrons. The minimum absolute atomic E-state index is 0.445. The molecular weight excluding hydrogens is 262 g/mol. The van der Waals surface area contributed by atoms with Crippen LogP contribution in [0.2, 0.25) is 0 Å². The number of hydrogen-bond donors (Lipinski definition) is 2. The summed E-state index contributed by atoms with van der Waals surface area (Å²) in [6.07, 6.45) is 0. The molecule has 0 aliphatic rings. The van der Waals surface area contributed by atoms with Gasteiger partial charge in [-0.15, -0.1) is 11.8 Å². The van der Waals surface area contributed by atoms with E-state index in [-0.39, 0.29) is 0 Å². The Morgan fingerprint density at radius 1 is 1.37 bits per heavy atom. The van der Waals surface area contributed by atoms with Crippen molar-refractivity contribution in [1.29, 1.82) is 0 Å². The number of H-pyrrole nitrogens is 1. The Morgan fingerprint density at radius 2 is 2.11 bits per heavy atom. The van der Waals surface area contributed by atoms with Crippen molar-refractivity contribution in [3.8, 4) is 0 Å². The van der Waals surface area contributed by atoms with Crippen LogP contribution in [0.1, 0.15) is 13.8 Å². The Balaban J connectivity index is 2.07. The lowest BCUT2D eigenvalue weighted by molar-refractivity contribution is 0.324. The molecule has 0 amide bonds. The molecule has 5 nitrogen and oxygen atoms in total. The van der Waals surface area contributed by atoms with Gasteiger partial charge >= 0.3 is 5.76 Å². The third-order valence-electron chi connectivity index (χ3n) is 3.11. The van der Waals surface area contributed by atoms with E-state index in [1.807, 2.05) is 6.07 Å². The Bertz CT molecular complexity index is 601. The average Bonchev–Trinajstić information content (AvgIpc) is 2.74. The molecular formula is C13H19N3O2S. The molecule has 0 aliphatic carbocycles. The number of nitrogen functional groups attached to an aromatic ring is 1. The SMILES string of the molecule is CCN(CC)CCSc1cc2[nH]c(=O)oc2cc1N. The van der Waals surface area contributed by atoms with Gasteiger partial charge in [0.25, 0.3) is 0 Å². The number of thioether (sulfide) groups is 1. The fourth-order valence-corrected chi connectivity index (χ4v) is 2.94. The summed E-state index contributed by atoms with van der Waals surface area (Å²) in [6, 6.07) is 3.58. The van der Waals surface area contributed by atoms with Gasteiger partial charge in [0.05, 0.1) is 5.52 Å². The van der Waals surface area contributed by atoms with Crippen LogP contribution in [0, 0.1) is 0 Å². The van der Waals surface area contributed by atoms with Crippen molar-refractivity contribution in [3.05, 3.63) is 22.7 Å². The molecule has 0 spiro atoms. The Labute approximate surface area is 116 Å². The summed E-state index contributed by atoms with van der Waals surface area (Å²) in [5.74, 6) is 0.527. The Hall–Kier alpha value is -1.40. The third kappa shape index (κ3) is 3.33. The summed E-state index contributed by atoms with van der Waals surface area (Å²) in [7, 11) is 0. The largest absolute Gasteiger partial charge is 0.417 e. The molecule has 1 aromatic heterocycles. The molecule has 0 radical (unpaired) electrons. The van der Waals surface area contributed by atoms with Gasteiger partial charge in [-0.1, -0.05) is 13.8 Å². The van der Waals surface area contributed by atoms with E-state index >= 15 is 0 Å². The van der Waals surface area contributed by atoms with Crippen molar-refractivity contribution in [3.63, 3.8) is 0 Å². The van der Waals surface area contributed by atoms with Crippen molar-refractivity contribution in [2.45, 2.75) is 18.7 Å². The normalized spacial score (nSPS) is 11.5. The van der Waals surface area contributed by atoms with Crippen LogP contribution in [0.15, 0.2) is 26.2 Å². The first-order chi connectivity index (χ1) is 9.13. The van der Waals surface area contributed by atoms with Crippen LogP contribution in [0.25, 0.3) is 11.1 Å². The second-order valence-electron chi connectivity index (χ2n) is 4.28. The van der Waals surface area contributed by atoms with Gasteiger partial charge in [-0.2, -0.15) is 0 Å². The van der Waals surface area contributed by atoms with Crippen LogP contribution >= 0.6 is 11.8 Å². The summed E-state index contributed by atoms with van der Waals surface area (Å²) in [6.45, 7) is 7.45. The number of nitrogens with zero attached hydrogens (tertiary/aromatic N) is 1. The van der Waals surface area contributed by atoms with E-state index in [0.717, 1.165) is 30.3 Å².